The van der Waals surface area contributed by atoms with Gasteiger partial charge < -0.3 is 15.7 Å². The molecule has 1 aromatic carbocycles. The topological polar surface area (TPSA) is 66.6 Å². The van der Waals surface area contributed by atoms with E-state index in [9.17, 15) is 9.90 Å². The van der Waals surface area contributed by atoms with E-state index < -0.39 is 12.1 Å². The van der Waals surface area contributed by atoms with Crippen LogP contribution in [0.1, 0.15) is 30.6 Å². The molecule has 3 N–H and O–H groups in total. The third kappa shape index (κ3) is 5.69. The van der Waals surface area contributed by atoms with Crippen molar-refractivity contribution in [2.75, 3.05) is 25.1 Å². The fourth-order valence-electron chi connectivity index (χ4n) is 2.08. The van der Waals surface area contributed by atoms with Crippen LogP contribution in [0.15, 0.2) is 24.3 Å². The Kier molecular flexibility index (Phi) is 7.78. The van der Waals surface area contributed by atoms with Gasteiger partial charge in [-0.25, -0.2) is 0 Å². The summed E-state index contributed by atoms with van der Waals surface area (Å²) in [5.74, 6) is 0.781. The molecule has 0 heterocycles. The number of nitrogens with two attached hydrogens (primary N) is 1. The number of amides is 1. The minimum atomic E-state index is -0.678. The van der Waals surface area contributed by atoms with E-state index in [0.29, 0.717) is 13.0 Å². The van der Waals surface area contributed by atoms with Gasteiger partial charge >= 0.3 is 0 Å². The average molecular weight is 310 g/mol. The Labute approximate surface area is 131 Å². The van der Waals surface area contributed by atoms with E-state index in [4.69, 9.17) is 5.73 Å². The second kappa shape index (κ2) is 9.07. The van der Waals surface area contributed by atoms with Gasteiger partial charge in [0.15, 0.2) is 0 Å². The summed E-state index contributed by atoms with van der Waals surface area (Å²) in [5.41, 5.74) is 7.90. The number of aliphatic hydroxyl groups excluding tert-OH is 1. The third-order valence-electron chi connectivity index (χ3n) is 3.50. The molecule has 4 nitrogen and oxygen atoms in total. The van der Waals surface area contributed by atoms with Gasteiger partial charge in [-0.3, -0.25) is 4.79 Å². The molecule has 5 heteroatoms. The summed E-state index contributed by atoms with van der Waals surface area (Å²) in [5, 5.41) is 10.3. The van der Waals surface area contributed by atoms with E-state index in [-0.39, 0.29) is 12.5 Å². The molecule has 21 heavy (non-hydrogen) atoms. The number of nitrogens with zero attached hydrogens (tertiary/aromatic N) is 1. The lowest BCUT2D eigenvalue weighted by atomic mass is 10.1. The molecule has 118 valence electrons. The maximum atomic E-state index is 12.3. The first-order valence-electron chi connectivity index (χ1n) is 7.27. The molecule has 1 amide bonds. The van der Waals surface area contributed by atoms with Crippen LogP contribution in [-0.4, -0.2) is 47.1 Å². The van der Waals surface area contributed by atoms with Gasteiger partial charge in [0.2, 0.25) is 5.91 Å². The Balaban J connectivity index is 2.63. The number of likely N-dealkylation sites (N-methyl/N-ethyl adjacent to an activating group) is 1. The number of carbonyl (C=O) groups is 1. The number of hydrogen-bond acceptors (Lipinski definition) is 4. The lowest BCUT2D eigenvalue weighted by Crippen LogP contribution is -2.45. The van der Waals surface area contributed by atoms with E-state index in [1.807, 2.05) is 44.4 Å². The number of aryl methyl sites for hydroxylation is 1. The van der Waals surface area contributed by atoms with Crippen LogP contribution in [-0.2, 0) is 4.79 Å². The van der Waals surface area contributed by atoms with Gasteiger partial charge in [0.1, 0.15) is 0 Å². The van der Waals surface area contributed by atoms with Crippen molar-refractivity contribution in [3.05, 3.63) is 35.4 Å². The SMILES string of the molecule is CCN(CC(O)c1ccc(C)cc1)C(=O)[C@@H](N)CCSC. The van der Waals surface area contributed by atoms with Gasteiger partial charge in [0.05, 0.1) is 18.7 Å². The van der Waals surface area contributed by atoms with E-state index in [1.54, 1.807) is 16.7 Å². The van der Waals surface area contributed by atoms with Gasteiger partial charge in [-0.05, 0) is 37.8 Å². The highest BCUT2D eigenvalue weighted by Gasteiger charge is 2.22. The number of hydrogen-bond donors (Lipinski definition) is 2. The maximum Gasteiger partial charge on any atom is 0.239 e. The van der Waals surface area contributed by atoms with Gasteiger partial charge in [-0.15, -0.1) is 0 Å². The van der Waals surface area contributed by atoms with Gasteiger partial charge in [-0.2, -0.15) is 11.8 Å². The van der Waals surface area contributed by atoms with Crippen molar-refractivity contribution in [3.8, 4) is 0 Å². The van der Waals surface area contributed by atoms with Crippen LogP contribution in [0.25, 0.3) is 0 Å². The van der Waals surface area contributed by atoms with Crippen LogP contribution in [0.2, 0.25) is 0 Å². The molecule has 0 saturated carbocycles. The molecular formula is C16H26N2O2S. The molecule has 1 rings (SSSR count). The van der Waals surface area contributed by atoms with E-state index in [1.165, 1.54) is 0 Å². The van der Waals surface area contributed by atoms with Crippen molar-refractivity contribution in [3.63, 3.8) is 0 Å². The predicted octanol–water partition coefficient (Wildman–Crippen LogP) is 1.96. The van der Waals surface area contributed by atoms with Crippen molar-refractivity contribution in [2.24, 2.45) is 5.73 Å². The Hall–Kier alpha value is -1.04. The molecule has 0 aliphatic rings. The smallest absolute Gasteiger partial charge is 0.239 e. The van der Waals surface area contributed by atoms with E-state index in [2.05, 4.69) is 0 Å². The van der Waals surface area contributed by atoms with Crippen LogP contribution in [0.3, 0.4) is 0 Å². The number of thioether (sulfide) groups is 1. The lowest BCUT2D eigenvalue weighted by Gasteiger charge is -2.26. The van der Waals surface area contributed by atoms with Crippen LogP contribution in [0, 0.1) is 6.92 Å². The molecule has 0 aliphatic heterocycles. The number of aliphatic hydroxyl groups is 1. The highest BCUT2D eigenvalue weighted by atomic mass is 32.2. The molecule has 0 saturated heterocycles. The van der Waals surface area contributed by atoms with Gasteiger partial charge in [0.25, 0.3) is 0 Å². The fraction of sp³-hybridized carbons (Fsp3) is 0.562. The summed E-state index contributed by atoms with van der Waals surface area (Å²) in [6, 6.07) is 7.22. The van der Waals surface area contributed by atoms with Gasteiger partial charge in [0, 0.05) is 6.54 Å². The number of carbonyl (C=O) groups excluding carboxylic acids is 1. The number of benzene rings is 1. The summed E-state index contributed by atoms with van der Waals surface area (Å²) in [4.78, 5) is 13.9. The Morgan fingerprint density at radius 2 is 2.00 bits per heavy atom. The normalized spacial score (nSPS) is 13.8. The highest BCUT2D eigenvalue weighted by Crippen LogP contribution is 2.16. The van der Waals surface area contributed by atoms with Crippen LogP contribution >= 0.6 is 11.8 Å². The van der Waals surface area contributed by atoms with Crippen LogP contribution in [0.4, 0.5) is 0 Å². The van der Waals surface area contributed by atoms with E-state index in [0.717, 1.165) is 16.9 Å². The van der Waals surface area contributed by atoms with Crippen LogP contribution < -0.4 is 5.73 Å². The second-order valence-electron chi connectivity index (χ2n) is 5.19. The molecule has 0 aliphatic carbocycles. The Morgan fingerprint density at radius 3 is 2.52 bits per heavy atom. The second-order valence-corrected chi connectivity index (χ2v) is 6.18. The monoisotopic (exact) mass is 310 g/mol. The Bertz CT molecular complexity index is 436. The molecule has 2 atom stereocenters. The summed E-state index contributed by atoms with van der Waals surface area (Å²) in [6.45, 7) is 4.74. The quantitative estimate of drug-likeness (QED) is 0.770. The first-order valence-corrected chi connectivity index (χ1v) is 8.66. The third-order valence-corrected chi connectivity index (χ3v) is 4.14. The molecule has 1 unspecified atom stereocenters. The summed E-state index contributed by atoms with van der Waals surface area (Å²) < 4.78 is 0. The molecule has 0 bridgehead atoms. The van der Waals surface area contributed by atoms with Crippen molar-refractivity contribution < 1.29 is 9.90 Å². The predicted molar refractivity (Wildman–Crippen MR) is 89.4 cm³/mol. The first kappa shape index (κ1) is 18.0. The zero-order valence-corrected chi connectivity index (χ0v) is 13.9. The molecule has 0 spiro atoms. The molecule has 0 fully saturated rings. The first-order chi connectivity index (χ1) is 9.99. The van der Waals surface area contributed by atoms with Crippen molar-refractivity contribution in [2.45, 2.75) is 32.4 Å². The molecule has 0 aromatic heterocycles. The van der Waals surface area contributed by atoms with Crippen molar-refractivity contribution in [1.82, 2.24) is 4.90 Å². The summed E-state index contributed by atoms with van der Waals surface area (Å²) in [6.07, 6.45) is 1.98. The Morgan fingerprint density at radius 1 is 1.38 bits per heavy atom. The maximum absolute atomic E-state index is 12.3. The lowest BCUT2D eigenvalue weighted by molar-refractivity contribution is -0.133. The molecular weight excluding hydrogens is 284 g/mol. The summed E-state index contributed by atoms with van der Waals surface area (Å²) in [7, 11) is 0. The zero-order valence-electron chi connectivity index (χ0n) is 13.1. The number of rotatable bonds is 8. The molecule has 1 aromatic rings. The van der Waals surface area contributed by atoms with Gasteiger partial charge in [-0.1, -0.05) is 29.8 Å². The minimum absolute atomic E-state index is 0.0855. The van der Waals surface area contributed by atoms with E-state index >= 15 is 0 Å². The van der Waals surface area contributed by atoms with Crippen molar-refractivity contribution >= 4 is 17.7 Å². The highest BCUT2D eigenvalue weighted by molar-refractivity contribution is 7.98. The van der Waals surface area contributed by atoms with Crippen molar-refractivity contribution in [1.29, 1.82) is 0 Å². The summed E-state index contributed by atoms with van der Waals surface area (Å²) >= 11 is 1.68. The average Bonchev–Trinajstić information content (AvgIpc) is 2.49. The van der Waals surface area contributed by atoms with Crippen LogP contribution in [0.5, 0.6) is 0 Å². The zero-order chi connectivity index (χ0) is 15.8. The largest absolute Gasteiger partial charge is 0.387 e. The molecule has 0 radical (unpaired) electrons. The minimum Gasteiger partial charge on any atom is -0.387 e. The standard InChI is InChI=1S/C16H26N2O2S/c1-4-18(16(20)14(17)9-10-21-3)11-15(19)13-7-5-12(2)6-8-13/h5-8,14-15,19H,4,9-11,17H2,1-3H3/t14-,15?/m0/s1. The fourth-order valence-corrected chi connectivity index (χ4v) is 2.57.